The van der Waals surface area contributed by atoms with Gasteiger partial charge in [-0.3, -0.25) is 14.8 Å². The first-order valence-corrected chi connectivity index (χ1v) is 6.75. The van der Waals surface area contributed by atoms with Gasteiger partial charge in [-0.25, -0.2) is 4.98 Å². The Bertz CT molecular complexity index is 438. The quantitative estimate of drug-likeness (QED) is 0.582. The first-order valence-electron chi connectivity index (χ1n) is 6.75. The van der Waals surface area contributed by atoms with E-state index in [0.29, 0.717) is 12.0 Å². The summed E-state index contributed by atoms with van der Waals surface area (Å²) in [6.07, 6.45) is 1.73. The lowest BCUT2D eigenvalue weighted by Crippen LogP contribution is -2.61. The Kier molecular flexibility index (Phi) is 3.61. The zero-order valence-electron chi connectivity index (χ0n) is 11.0. The molecule has 0 amide bonds. The molecular weight excluding hydrogens is 240 g/mol. The number of nitrogens with two attached hydrogens (primary N) is 1. The number of fused-ring (bicyclic) bond motifs is 3. The molecule has 1 atom stereocenters. The van der Waals surface area contributed by atoms with Gasteiger partial charge < -0.3 is 11.1 Å². The van der Waals surface area contributed by atoms with Gasteiger partial charge in [-0.15, -0.1) is 0 Å². The van der Waals surface area contributed by atoms with Crippen LogP contribution in [0.1, 0.15) is 0 Å². The standard InChI is InChI=1S/C13H20N6/c14-13(17-12-3-1-2-4-15-12)16-9-11-10-18-5-7-19(11)8-6-18/h1-4,11H,5-10H2,(H3,14,15,16,17). The van der Waals surface area contributed by atoms with Gasteiger partial charge in [0.15, 0.2) is 5.96 Å². The first kappa shape index (κ1) is 12.4. The number of nitrogens with one attached hydrogen (secondary N) is 1. The molecule has 0 saturated carbocycles. The summed E-state index contributed by atoms with van der Waals surface area (Å²) in [6, 6.07) is 6.17. The van der Waals surface area contributed by atoms with Crippen molar-refractivity contribution in [2.45, 2.75) is 6.04 Å². The molecule has 6 heteroatoms. The Balaban J connectivity index is 1.54. The van der Waals surface area contributed by atoms with E-state index < -0.39 is 0 Å². The number of aliphatic imine (C=N–C) groups is 1. The van der Waals surface area contributed by atoms with Crippen LogP contribution in [-0.2, 0) is 0 Å². The molecule has 1 unspecified atom stereocenters. The fourth-order valence-electron chi connectivity index (χ4n) is 2.71. The molecular formula is C13H20N6. The molecule has 1 aromatic heterocycles. The third-order valence-electron chi connectivity index (χ3n) is 3.79. The van der Waals surface area contributed by atoms with Gasteiger partial charge in [-0.2, -0.15) is 0 Å². The van der Waals surface area contributed by atoms with E-state index in [1.54, 1.807) is 6.20 Å². The second-order valence-corrected chi connectivity index (χ2v) is 5.06. The molecule has 0 spiro atoms. The van der Waals surface area contributed by atoms with E-state index in [2.05, 4.69) is 25.1 Å². The van der Waals surface area contributed by atoms with Crippen LogP contribution < -0.4 is 11.1 Å². The van der Waals surface area contributed by atoms with Crippen molar-refractivity contribution < 1.29 is 0 Å². The molecule has 3 aliphatic heterocycles. The van der Waals surface area contributed by atoms with Gasteiger partial charge in [0.05, 0.1) is 6.54 Å². The highest BCUT2D eigenvalue weighted by molar-refractivity contribution is 5.91. The van der Waals surface area contributed by atoms with Gasteiger partial charge in [-0.1, -0.05) is 6.07 Å². The summed E-state index contributed by atoms with van der Waals surface area (Å²) in [7, 11) is 0. The van der Waals surface area contributed by atoms with Crippen molar-refractivity contribution >= 4 is 11.8 Å². The Labute approximate surface area is 113 Å². The van der Waals surface area contributed by atoms with E-state index in [-0.39, 0.29) is 0 Å². The van der Waals surface area contributed by atoms with Crippen molar-refractivity contribution in [2.24, 2.45) is 10.7 Å². The molecule has 1 aromatic rings. The number of anilines is 1. The molecule has 4 heterocycles. The molecule has 2 bridgehead atoms. The molecule has 6 nitrogen and oxygen atoms in total. The maximum absolute atomic E-state index is 5.89. The average Bonchev–Trinajstić information content (AvgIpc) is 2.47. The van der Waals surface area contributed by atoms with Crippen LogP contribution in [0.2, 0.25) is 0 Å². The molecule has 3 aliphatic rings. The van der Waals surface area contributed by atoms with Crippen LogP contribution in [0.4, 0.5) is 5.82 Å². The molecule has 3 N–H and O–H groups in total. The van der Waals surface area contributed by atoms with Crippen molar-refractivity contribution in [3.63, 3.8) is 0 Å². The van der Waals surface area contributed by atoms with Gasteiger partial charge in [0.2, 0.25) is 0 Å². The van der Waals surface area contributed by atoms with Crippen LogP contribution >= 0.6 is 0 Å². The maximum atomic E-state index is 5.89. The summed E-state index contributed by atoms with van der Waals surface area (Å²) in [4.78, 5) is 13.6. The summed E-state index contributed by atoms with van der Waals surface area (Å²) >= 11 is 0. The van der Waals surface area contributed by atoms with E-state index in [4.69, 9.17) is 5.73 Å². The van der Waals surface area contributed by atoms with Crippen LogP contribution in [0.5, 0.6) is 0 Å². The minimum Gasteiger partial charge on any atom is -0.370 e. The van der Waals surface area contributed by atoms with Gasteiger partial charge in [0, 0.05) is 45.0 Å². The normalized spacial score (nSPS) is 30.3. The minimum absolute atomic E-state index is 0.441. The summed E-state index contributed by atoms with van der Waals surface area (Å²) in [5.74, 6) is 1.18. The highest BCUT2D eigenvalue weighted by atomic mass is 15.3. The zero-order valence-corrected chi connectivity index (χ0v) is 11.0. The maximum Gasteiger partial charge on any atom is 0.194 e. The Morgan fingerprint density at radius 1 is 1.37 bits per heavy atom. The highest BCUT2D eigenvalue weighted by Gasteiger charge is 2.31. The van der Waals surface area contributed by atoms with Crippen molar-refractivity contribution in [3.8, 4) is 0 Å². The number of rotatable bonds is 3. The highest BCUT2D eigenvalue weighted by Crippen LogP contribution is 2.15. The molecule has 0 radical (unpaired) electrons. The predicted molar refractivity (Wildman–Crippen MR) is 76.2 cm³/mol. The summed E-state index contributed by atoms with van der Waals surface area (Å²) < 4.78 is 0. The number of hydrogen-bond donors (Lipinski definition) is 2. The minimum atomic E-state index is 0.441. The summed E-state index contributed by atoms with van der Waals surface area (Å²) in [6.45, 7) is 6.58. The largest absolute Gasteiger partial charge is 0.370 e. The van der Waals surface area contributed by atoms with Crippen LogP contribution in [0.3, 0.4) is 0 Å². The van der Waals surface area contributed by atoms with E-state index >= 15 is 0 Å². The SMILES string of the molecule is NC(=NCC1CN2CCN1CC2)Nc1ccccn1. The van der Waals surface area contributed by atoms with Crippen LogP contribution in [0.25, 0.3) is 0 Å². The number of nitrogens with zero attached hydrogens (tertiary/aromatic N) is 4. The number of piperazine rings is 3. The van der Waals surface area contributed by atoms with Crippen LogP contribution in [-0.4, -0.2) is 66.1 Å². The number of guanidine groups is 1. The summed E-state index contributed by atoms with van der Waals surface area (Å²) in [5, 5.41) is 3.01. The van der Waals surface area contributed by atoms with Gasteiger partial charge >= 0.3 is 0 Å². The molecule has 3 fully saturated rings. The van der Waals surface area contributed by atoms with Gasteiger partial charge in [0.1, 0.15) is 5.82 Å². The molecule has 19 heavy (non-hydrogen) atoms. The monoisotopic (exact) mass is 260 g/mol. The van der Waals surface area contributed by atoms with Crippen molar-refractivity contribution in [3.05, 3.63) is 24.4 Å². The predicted octanol–water partition coefficient (Wildman–Crippen LogP) is -0.192. The third kappa shape index (κ3) is 3.02. The lowest BCUT2D eigenvalue weighted by Gasteiger charge is -2.47. The fourth-order valence-corrected chi connectivity index (χ4v) is 2.71. The lowest BCUT2D eigenvalue weighted by atomic mass is 10.1. The fraction of sp³-hybridized carbons (Fsp3) is 0.538. The van der Waals surface area contributed by atoms with Gasteiger partial charge in [0.25, 0.3) is 0 Å². The van der Waals surface area contributed by atoms with Crippen LogP contribution in [0.15, 0.2) is 29.4 Å². The Morgan fingerprint density at radius 3 is 2.84 bits per heavy atom. The molecule has 102 valence electrons. The van der Waals surface area contributed by atoms with E-state index in [0.717, 1.165) is 32.0 Å². The molecule has 0 aliphatic carbocycles. The molecule has 0 aromatic carbocycles. The Hall–Kier alpha value is -1.66. The summed E-state index contributed by atoms with van der Waals surface area (Å²) in [5.41, 5.74) is 5.89. The topological polar surface area (TPSA) is 69.8 Å². The van der Waals surface area contributed by atoms with Crippen molar-refractivity contribution in [2.75, 3.05) is 44.6 Å². The second-order valence-electron chi connectivity index (χ2n) is 5.06. The third-order valence-corrected chi connectivity index (χ3v) is 3.79. The molecule has 3 saturated heterocycles. The number of hydrogen-bond acceptors (Lipinski definition) is 4. The van der Waals surface area contributed by atoms with E-state index in [1.807, 2.05) is 18.2 Å². The molecule has 4 rings (SSSR count). The Morgan fingerprint density at radius 2 is 2.21 bits per heavy atom. The van der Waals surface area contributed by atoms with E-state index in [1.165, 1.54) is 13.1 Å². The number of aromatic nitrogens is 1. The second kappa shape index (κ2) is 5.54. The first-order chi connectivity index (χ1) is 9.31. The lowest BCUT2D eigenvalue weighted by molar-refractivity contribution is 0.0174. The van der Waals surface area contributed by atoms with E-state index in [9.17, 15) is 0 Å². The number of pyridine rings is 1. The van der Waals surface area contributed by atoms with Gasteiger partial charge in [-0.05, 0) is 12.1 Å². The smallest absolute Gasteiger partial charge is 0.194 e. The van der Waals surface area contributed by atoms with Crippen molar-refractivity contribution in [1.82, 2.24) is 14.8 Å². The zero-order chi connectivity index (χ0) is 13.1. The van der Waals surface area contributed by atoms with Crippen molar-refractivity contribution in [1.29, 1.82) is 0 Å². The average molecular weight is 260 g/mol. The van der Waals surface area contributed by atoms with Crippen LogP contribution in [0, 0.1) is 0 Å².